The van der Waals surface area contributed by atoms with E-state index >= 15 is 0 Å². The van der Waals surface area contributed by atoms with Crippen LogP contribution in [0.2, 0.25) is 5.02 Å². The zero-order chi connectivity index (χ0) is 13.4. The highest BCUT2D eigenvalue weighted by molar-refractivity contribution is 6.32. The lowest BCUT2D eigenvalue weighted by Crippen LogP contribution is -2.18. The Morgan fingerprint density at radius 2 is 2.17 bits per heavy atom. The predicted octanol–water partition coefficient (Wildman–Crippen LogP) is 2.06. The lowest BCUT2D eigenvalue weighted by molar-refractivity contribution is -0.141. The number of hydrogen-bond donors (Lipinski definition) is 3. The van der Waals surface area contributed by atoms with Crippen molar-refractivity contribution in [1.29, 1.82) is 0 Å². The van der Waals surface area contributed by atoms with Crippen LogP contribution >= 0.6 is 11.6 Å². The van der Waals surface area contributed by atoms with Gasteiger partial charge in [0.05, 0.1) is 5.92 Å². The van der Waals surface area contributed by atoms with Gasteiger partial charge in [-0.05, 0) is 6.42 Å². The Morgan fingerprint density at radius 1 is 1.50 bits per heavy atom. The first-order valence-corrected chi connectivity index (χ1v) is 5.62. The molecule has 0 aliphatic carbocycles. The zero-order valence-corrected chi connectivity index (χ0v) is 9.84. The molecule has 0 bridgehead atoms. The lowest BCUT2D eigenvalue weighted by Gasteiger charge is -2.14. The Labute approximate surface area is 106 Å². The first-order valence-electron chi connectivity index (χ1n) is 5.24. The predicted molar refractivity (Wildman–Crippen MR) is 59.5 cm³/mol. The number of aliphatic carboxylic acids is 1. The molecule has 1 aromatic rings. The van der Waals surface area contributed by atoms with Gasteiger partial charge in [-0.1, -0.05) is 11.6 Å². The second-order valence-electron chi connectivity index (χ2n) is 4.15. The van der Waals surface area contributed by atoms with Crippen molar-refractivity contribution in [2.75, 3.05) is 6.54 Å². The van der Waals surface area contributed by atoms with Crippen LogP contribution in [0, 0.1) is 17.6 Å². The van der Waals surface area contributed by atoms with Gasteiger partial charge < -0.3 is 15.5 Å². The Bertz CT molecular complexity index is 510. The highest BCUT2D eigenvalue weighted by Gasteiger charge is 2.34. The van der Waals surface area contributed by atoms with E-state index in [0.717, 1.165) is 6.07 Å². The number of carboxylic acid groups (broad SMARTS) is 1. The minimum atomic E-state index is -1.06. The summed E-state index contributed by atoms with van der Waals surface area (Å²) in [6.07, 6.45) is 0.0737. The number of phenolic OH excluding ortho intramolecular Hbond substituents is 1. The van der Waals surface area contributed by atoms with E-state index < -0.39 is 40.3 Å². The van der Waals surface area contributed by atoms with Gasteiger partial charge in [0, 0.05) is 24.2 Å². The normalized spacial score (nSPS) is 23.3. The standard InChI is InChI=1S/C11H10ClF2NO3/c12-9-7(16)2-5(13)8(10(9)14)6-1-4(3-15-6)11(17)18/h2,4,6,15-16H,1,3H2,(H,17,18). The molecule has 1 aromatic carbocycles. The summed E-state index contributed by atoms with van der Waals surface area (Å²) in [6, 6.07) is -0.0412. The van der Waals surface area contributed by atoms with E-state index in [4.69, 9.17) is 21.8 Å². The quantitative estimate of drug-likeness (QED) is 0.724. The molecule has 0 saturated carbocycles. The van der Waals surface area contributed by atoms with Gasteiger partial charge in [-0.2, -0.15) is 0 Å². The Morgan fingerprint density at radius 3 is 2.72 bits per heavy atom. The fraction of sp³-hybridized carbons (Fsp3) is 0.364. The highest BCUT2D eigenvalue weighted by Crippen LogP contribution is 2.37. The molecule has 18 heavy (non-hydrogen) atoms. The molecule has 1 aliphatic rings. The minimum absolute atomic E-state index is 0.0737. The van der Waals surface area contributed by atoms with E-state index in [1.165, 1.54) is 0 Å². The molecule has 1 heterocycles. The van der Waals surface area contributed by atoms with E-state index in [-0.39, 0.29) is 18.5 Å². The van der Waals surface area contributed by atoms with E-state index in [2.05, 4.69) is 5.32 Å². The van der Waals surface area contributed by atoms with Crippen molar-refractivity contribution in [2.24, 2.45) is 5.92 Å². The van der Waals surface area contributed by atoms with E-state index in [9.17, 15) is 13.6 Å². The number of aromatic hydroxyl groups is 1. The van der Waals surface area contributed by atoms with Crippen molar-refractivity contribution >= 4 is 17.6 Å². The average Bonchev–Trinajstić information content (AvgIpc) is 2.75. The molecule has 1 aliphatic heterocycles. The van der Waals surface area contributed by atoms with Gasteiger partial charge in [0.25, 0.3) is 0 Å². The van der Waals surface area contributed by atoms with E-state index in [1.54, 1.807) is 0 Å². The fourth-order valence-electron chi connectivity index (χ4n) is 2.06. The summed E-state index contributed by atoms with van der Waals surface area (Å²) in [6.45, 7) is 0.136. The van der Waals surface area contributed by atoms with Gasteiger partial charge in [-0.3, -0.25) is 4.79 Å². The number of hydrogen-bond acceptors (Lipinski definition) is 3. The van der Waals surface area contributed by atoms with E-state index in [1.807, 2.05) is 0 Å². The molecule has 98 valence electrons. The Kier molecular flexibility index (Phi) is 3.41. The molecule has 1 fully saturated rings. The summed E-state index contributed by atoms with van der Waals surface area (Å²) in [5.74, 6) is -4.39. The SMILES string of the molecule is O=C(O)C1CNC(c2c(F)cc(O)c(Cl)c2F)C1. The first-order chi connectivity index (χ1) is 8.41. The van der Waals surface area contributed by atoms with E-state index in [0.29, 0.717) is 0 Å². The van der Waals surface area contributed by atoms with Gasteiger partial charge in [-0.15, -0.1) is 0 Å². The number of nitrogens with one attached hydrogen (secondary N) is 1. The summed E-state index contributed by atoms with van der Waals surface area (Å²) >= 11 is 5.50. The maximum absolute atomic E-state index is 13.8. The largest absolute Gasteiger partial charge is 0.506 e. The van der Waals surface area contributed by atoms with Gasteiger partial charge >= 0.3 is 5.97 Å². The van der Waals surface area contributed by atoms with Crippen LogP contribution in [0.1, 0.15) is 18.0 Å². The smallest absolute Gasteiger partial charge is 0.307 e. The number of phenols is 1. The number of carboxylic acids is 1. The molecule has 0 spiro atoms. The lowest BCUT2D eigenvalue weighted by atomic mass is 9.99. The molecule has 0 radical (unpaired) electrons. The highest BCUT2D eigenvalue weighted by atomic mass is 35.5. The van der Waals surface area contributed by atoms with Crippen LogP contribution in [0.15, 0.2) is 6.07 Å². The topological polar surface area (TPSA) is 69.6 Å². The van der Waals surface area contributed by atoms with Crippen LogP contribution in [0.4, 0.5) is 8.78 Å². The van der Waals surface area contributed by atoms with Crippen molar-refractivity contribution in [3.05, 3.63) is 28.3 Å². The van der Waals surface area contributed by atoms with Crippen molar-refractivity contribution in [3.8, 4) is 5.75 Å². The first kappa shape index (κ1) is 13.0. The van der Waals surface area contributed by atoms with Gasteiger partial charge in [0.1, 0.15) is 16.6 Å². The van der Waals surface area contributed by atoms with Gasteiger partial charge in [0.15, 0.2) is 5.82 Å². The van der Waals surface area contributed by atoms with Crippen molar-refractivity contribution in [3.63, 3.8) is 0 Å². The van der Waals surface area contributed by atoms with Crippen LogP contribution in [0.25, 0.3) is 0 Å². The second-order valence-corrected chi connectivity index (χ2v) is 4.53. The maximum atomic E-state index is 13.8. The van der Waals surface area contributed by atoms with Crippen LogP contribution in [-0.2, 0) is 4.79 Å². The third kappa shape index (κ3) is 2.13. The number of carbonyl (C=O) groups is 1. The molecule has 3 N–H and O–H groups in total. The average molecular weight is 278 g/mol. The number of benzene rings is 1. The summed E-state index contributed by atoms with van der Waals surface area (Å²) in [7, 11) is 0. The third-order valence-corrected chi connectivity index (χ3v) is 3.36. The van der Waals surface area contributed by atoms with Crippen molar-refractivity contribution in [1.82, 2.24) is 5.32 Å². The summed E-state index contributed by atoms with van der Waals surface area (Å²) < 4.78 is 27.4. The molecule has 4 nitrogen and oxygen atoms in total. The minimum Gasteiger partial charge on any atom is -0.506 e. The Balaban J connectivity index is 2.36. The molecular formula is C11H10ClF2NO3. The van der Waals surface area contributed by atoms with Crippen LogP contribution in [0.5, 0.6) is 5.75 Å². The van der Waals surface area contributed by atoms with Crippen LogP contribution < -0.4 is 5.32 Å². The molecule has 1 saturated heterocycles. The molecule has 2 rings (SSSR count). The number of halogens is 3. The second kappa shape index (κ2) is 4.70. The molecule has 0 aromatic heterocycles. The van der Waals surface area contributed by atoms with Crippen molar-refractivity contribution in [2.45, 2.75) is 12.5 Å². The fourth-order valence-corrected chi connectivity index (χ4v) is 2.22. The molecule has 2 unspecified atom stereocenters. The molecule has 2 atom stereocenters. The van der Waals surface area contributed by atoms with Gasteiger partial charge in [0.2, 0.25) is 0 Å². The number of rotatable bonds is 2. The summed E-state index contributed by atoms with van der Waals surface area (Å²) in [5, 5.41) is 20.2. The maximum Gasteiger partial charge on any atom is 0.307 e. The molecule has 7 heteroatoms. The van der Waals surface area contributed by atoms with Gasteiger partial charge in [-0.25, -0.2) is 8.78 Å². The third-order valence-electron chi connectivity index (χ3n) is 3.00. The molecule has 0 amide bonds. The van der Waals surface area contributed by atoms with Crippen molar-refractivity contribution < 1.29 is 23.8 Å². The summed E-state index contributed by atoms with van der Waals surface area (Å²) in [5.41, 5.74) is -0.332. The Hall–Kier alpha value is -1.40. The van der Waals surface area contributed by atoms with Crippen LogP contribution in [0.3, 0.4) is 0 Å². The molecular weight excluding hydrogens is 268 g/mol. The van der Waals surface area contributed by atoms with Crippen LogP contribution in [-0.4, -0.2) is 22.7 Å². The monoisotopic (exact) mass is 277 g/mol. The summed E-state index contributed by atoms with van der Waals surface area (Å²) in [4.78, 5) is 10.8. The zero-order valence-electron chi connectivity index (χ0n) is 9.08.